The fraction of sp³-hybridized carbons (Fsp3) is 0.400. The van der Waals surface area contributed by atoms with Crippen LogP contribution in [0, 0.1) is 27.7 Å². The minimum absolute atomic E-state index is 0.308. The Morgan fingerprint density at radius 1 is 0.694 bits per heavy atom. The quantitative estimate of drug-likeness (QED) is 0.301. The van der Waals surface area contributed by atoms with Gasteiger partial charge in [0.1, 0.15) is 17.2 Å². The van der Waals surface area contributed by atoms with Crippen LogP contribution >= 0.6 is 34.8 Å². The molecule has 3 rings (SSSR count). The summed E-state index contributed by atoms with van der Waals surface area (Å²) >= 11 is 17.9. The summed E-state index contributed by atoms with van der Waals surface area (Å²) in [6.07, 6.45) is 2.72. The van der Waals surface area contributed by atoms with Crippen molar-refractivity contribution in [1.82, 2.24) is 0 Å². The number of aromatic hydroxyl groups is 3. The largest absolute Gasteiger partial charge is 0.508 e. The average Bonchev–Trinajstić information content (AvgIpc) is 2.79. The molecule has 0 radical (unpaired) electrons. The van der Waals surface area contributed by atoms with Crippen molar-refractivity contribution in [3.8, 4) is 17.2 Å². The number of phenols is 3. The third-order valence-electron chi connectivity index (χ3n) is 5.95. The van der Waals surface area contributed by atoms with E-state index in [-0.39, 0.29) is 0 Å². The molecule has 3 nitrogen and oxygen atoms in total. The van der Waals surface area contributed by atoms with E-state index in [1.54, 1.807) is 18.2 Å². The van der Waals surface area contributed by atoms with E-state index < -0.39 is 0 Å². The molecule has 0 aliphatic heterocycles. The zero-order chi connectivity index (χ0) is 27.7. The third-order valence-corrected chi connectivity index (χ3v) is 7.35. The van der Waals surface area contributed by atoms with E-state index in [2.05, 4.69) is 6.92 Å². The lowest BCUT2D eigenvalue weighted by Crippen LogP contribution is -1.91. The van der Waals surface area contributed by atoms with E-state index in [4.69, 9.17) is 34.8 Å². The molecule has 0 aromatic heterocycles. The summed E-state index contributed by atoms with van der Waals surface area (Å²) in [4.78, 5) is 0. The van der Waals surface area contributed by atoms with Crippen LogP contribution < -0.4 is 0 Å². The van der Waals surface area contributed by atoms with Crippen LogP contribution in [0.4, 0.5) is 0 Å². The molecule has 0 amide bonds. The van der Waals surface area contributed by atoms with Crippen molar-refractivity contribution in [3.63, 3.8) is 0 Å². The predicted octanol–water partition coefficient (Wildman–Crippen LogP) is 10.0. The molecule has 0 aliphatic carbocycles. The highest BCUT2D eigenvalue weighted by Crippen LogP contribution is 2.32. The highest BCUT2D eigenvalue weighted by molar-refractivity contribution is 6.32. The molecule has 0 saturated carbocycles. The highest BCUT2D eigenvalue weighted by atomic mass is 35.5. The zero-order valence-electron chi connectivity index (χ0n) is 22.6. The molecule has 0 atom stereocenters. The summed E-state index contributed by atoms with van der Waals surface area (Å²) in [7, 11) is 0. The first kappa shape index (κ1) is 32.0. The molecule has 0 fully saturated rings. The van der Waals surface area contributed by atoms with Gasteiger partial charge in [0.05, 0.1) is 0 Å². The molecule has 3 aromatic rings. The topological polar surface area (TPSA) is 60.7 Å². The Morgan fingerprint density at radius 3 is 1.69 bits per heavy atom. The van der Waals surface area contributed by atoms with Crippen LogP contribution in [0.3, 0.4) is 0 Å². The Labute approximate surface area is 231 Å². The molecular formula is C30H39Cl3O3. The normalized spacial score (nSPS) is 10.4. The lowest BCUT2D eigenvalue weighted by molar-refractivity contribution is 0.464. The van der Waals surface area contributed by atoms with E-state index >= 15 is 0 Å². The van der Waals surface area contributed by atoms with Gasteiger partial charge in [-0.15, -0.1) is 0 Å². The van der Waals surface area contributed by atoms with E-state index in [9.17, 15) is 15.3 Å². The lowest BCUT2D eigenvalue weighted by Gasteiger charge is -2.10. The van der Waals surface area contributed by atoms with Gasteiger partial charge in [-0.1, -0.05) is 68.9 Å². The SMILES string of the molecule is CCCc1cc(Cl)c(C)cc1O.CCc1c(O)cc(C)c(Cl)c1C.Cc1cc(O)c(C(C)C)cc1Cl. The van der Waals surface area contributed by atoms with Crippen LogP contribution in [0.25, 0.3) is 0 Å². The first-order valence-electron chi connectivity index (χ1n) is 12.2. The maximum Gasteiger partial charge on any atom is 0.119 e. The van der Waals surface area contributed by atoms with Gasteiger partial charge in [0, 0.05) is 15.1 Å². The van der Waals surface area contributed by atoms with Crippen LogP contribution in [0.15, 0.2) is 30.3 Å². The first-order valence-corrected chi connectivity index (χ1v) is 13.3. The molecule has 198 valence electrons. The molecule has 0 heterocycles. The van der Waals surface area contributed by atoms with Crippen molar-refractivity contribution in [2.45, 2.75) is 80.6 Å². The summed E-state index contributed by atoms with van der Waals surface area (Å²) in [5, 5.41) is 30.8. The smallest absolute Gasteiger partial charge is 0.119 e. The Kier molecular flexibility index (Phi) is 13.0. The Bertz CT molecular complexity index is 1170. The number of rotatable bonds is 4. The van der Waals surface area contributed by atoms with E-state index in [1.165, 1.54) is 0 Å². The second-order valence-corrected chi connectivity index (χ2v) is 10.5. The summed E-state index contributed by atoms with van der Waals surface area (Å²) in [6.45, 7) is 15.7. The van der Waals surface area contributed by atoms with Gasteiger partial charge in [0.2, 0.25) is 0 Å². The van der Waals surface area contributed by atoms with Crippen LogP contribution in [-0.4, -0.2) is 15.3 Å². The molecule has 0 aliphatic rings. The number of hydrogen-bond donors (Lipinski definition) is 3. The van der Waals surface area contributed by atoms with Crippen molar-refractivity contribution in [2.24, 2.45) is 0 Å². The lowest BCUT2D eigenvalue weighted by atomic mass is 10.0. The van der Waals surface area contributed by atoms with Gasteiger partial charge < -0.3 is 15.3 Å². The van der Waals surface area contributed by atoms with Crippen molar-refractivity contribution in [2.75, 3.05) is 0 Å². The maximum atomic E-state index is 9.54. The molecular weight excluding hydrogens is 515 g/mol. The summed E-state index contributed by atoms with van der Waals surface area (Å²) in [6, 6.07) is 8.81. The Morgan fingerprint density at radius 2 is 1.19 bits per heavy atom. The van der Waals surface area contributed by atoms with Gasteiger partial charge in [-0.3, -0.25) is 0 Å². The van der Waals surface area contributed by atoms with Crippen molar-refractivity contribution < 1.29 is 15.3 Å². The monoisotopic (exact) mass is 552 g/mol. The number of aryl methyl sites for hydroxylation is 4. The van der Waals surface area contributed by atoms with E-state index in [0.717, 1.165) is 73.3 Å². The predicted molar refractivity (Wildman–Crippen MR) is 156 cm³/mol. The summed E-state index contributed by atoms with van der Waals surface area (Å²) in [5.74, 6) is 1.37. The maximum absolute atomic E-state index is 9.54. The van der Waals surface area contributed by atoms with Gasteiger partial charge >= 0.3 is 0 Å². The van der Waals surface area contributed by atoms with Gasteiger partial charge in [0.15, 0.2) is 0 Å². The molecule has 0 unspecified atom stereocenters. The highest BCUT2D eigenvalue weighted by Gasteiger charge is 2.09. The second kappa shape index (κ2) is 14.6. The Hall–Kier alpha value is -2.07. The molecule has 0 bridgehead atoms. The van der Waals surface area contributed by atoms with E-state index in [1.807, 2.05) is 60.6 Å². The van der Waals surface area contributed by atoms with Crippen molar-refractivity contribution >= 4 is 34.8 Å². The number of hydrogen-bond acceptors (Lipinski definition) is 3. The zero-order valence-corrected chi connectivity index (χ0v) is 24.8. The van der Waals surface area contributed by atoms with Crippen LogP contribution in [0.5, 0.6) is 17.2 Å². The van der Waals surface area contributed by atoms with Crippen LogP contribution in [0.1, 0.15) is 79.0 Å². The third kappa shape index (κ3) is 8.80. The average molecular weight is 554 g/mol. The van der Waals surface area contributed by atoms with E-state index in [0.29, 0.717) is 23.2 Å². The molecule has 36 heavy (non-hydrogen) atoms. The molecule has 0 spiro atoms. The number of phenolic OH excluding ortho intramolecular Hbond substituents is 3. The Balaban J connectivity index is 0.000000270. The van der Waals surface area contributed by atoms with Crippen molar-refractivity contribution in [1.29, 1.82) is 0 Å². The minimum Gasteiger partial charge on any atom is -0.508 e. The number of benzene rings is 3. The first-order chi connectivity index (χ1) is 16.7. The van der Waals surface area contributed by atoms with Crippen LogP contribution in [0.2, 0.25) is 15.1 Å². The molecule has 0 saturated heterocycles. The van der Waals surface area contributed by atoms with Crippen molar-refractivity contribution in [3.05, 3.63) is 84.3 Å². The molecule has 3 N–H and O–H groups in total. The fourth-order valence-corrected chi connectivity index (χ4v) is 4.27. The van der Waals surface area contributed by atoms with Gasteiger partial charge in [-0.25, -0.2) is 0 Å². The minimum atomic E-state index is 0.308. The summed E-state index contributed by atoms with van der Waals surface area (Å²) in [5.41, 5.74) is 6.57. The second-order valence-electron chi connectivity index (χ2n) is 9.28. The van der Waals surface area contributed by atoms with Gasteiger partial charge in [-0.05, 0) is 116 Å². The molecule has 3 aromatic carbocycles. The number of halogens is 3. The molecule has 6 heteroatoms. The fourth-order valence-electron chi connectivity index (χ4n) is 3.74. The van der Waals surface area contributed by atoms with Gasteiger partial charge in [0.25, 0.3) is 0 Å². The van der Waals surface area contributed by atoms with Gasteiger partial charge in [-0.2, -0.15) is 0 Å². The van der Waals surface area contributed by atoms with Crippen LogP contribution in [-0.2, 0) is 12.8 Å². The standard InChI is InChI=1S/3C10H13ClO/c1-6(2)8-5-9(11)7(3)4-10(8)12;1-4-8-7(3)10(11)6(2)5-9(8)12;1-3-4-8-6-9(11)7(2)5-10(8)12/h4-6,12H,1-3H3;5,12H,4H2,1-3H3;5-6,12H,3-4H2,1-2H3. The summed E-state index contributed by atoms with van der Waals surface area (Å²) < 4.78 is 0.